The van der Waals surface area contributed by atoms with E-state index in [1.165, 1.54) is 0 Å². The van der Waals surface area contributed by atoms with Crippen LogP contribution in [0.1, 0.15) is 37.7 Å². The van der Waals surface area contributed by atoms with Gasteiger partial charge in [0.2, 0.25) is 5.95 Å². The van der Waals surface area contributed by atoms with E-state index in [0.29, 0.717) is 12.6 Å². The van der Waals surface area contributed by atoms with Gasteiger partial charge in [0.25, 0.3) is 0 Å². The van der Waals surface area contributed by atoms with E-state index in [1.54, 1.807) is 19.2 Å². The number of hydrogen-bond acceptors (Lipinski definition) is 5. The maximum Gasteiger partial charge on any atom is 0.357 e. The molecule has 1 rings (SSSR count). The number of hydrogen-bond donors (Lipinski definition) is 1. The molecule has 1 heterocycles. The monoisotopic (exact) mass is 223 g/mol. The molecule has 88 valence electrons. The lowest BCUT2D eigenvalue weighted by molar-refractivity contribution is 0.0519. The Balaban J connectivity index is 2.74. The summed E-state index contributed by atoms with van der Waals surface area (Å²) in [7, 11) is 0. The van der Waals surface area contributed by atoms with Crippen LogP contribution in [0.4, 0.5) is 5.95 Å². The number of ether oxygens (including phenoxy) is 1. The van der Waals surface area contributed by atoms with Crippen LogP contribution in [0.3, 0.4) is 0 Å². The van der Waals surface area contributed by atoms with Crippen molar-refractivity contribution in [3.8, 4) is 0 Å². The van der Waals surface area contributed by atoms with Crippen molar-refractivity contribution in [2.24, 2.45) is 0 Å². The first-order valence-corrected chi connectivity index (χ1v) is 5.44. The number of rotatable bonds is 5. The Bertz CT molecular complexity index is 355. The molecule has 16 heavy (non-hydrogen) atoms. The van der Waals surface area contributed by atoms with Crippen LogP contribution in [-0.2, 0) is 4.74 Å². The Morgan fingerprint density at radius 2 is 2.31 bits per heavy atom. The van der Waals surface area contributed by atoms with Crippen LogP contribution in [-0.4, -0.2) is 28.6 Å². The quantitative estimate of drug-likeness (QED) is 0.772. The second-order valence-electron chi connectivity index (χ2n) is 3.44. The minimum Gasteiger partial charge on any atom is -0.461 e. The SMILES string of the molecule is CCOC(=O)c1ccnc(NC(C)CC)n1. The third kappa shape index (κ3) is 3.49. The summed E-state index contributed by atoms with van der Waals surface area (Å²) in [5, 5.41) is 3.10. The minimum absolute atomic E-state index is 0.275. The van der Waals surface area contributed by atoms with E-state index in [0.717, 1.165) is 6.42 Å². The van der Waals surface area contributed by atoms with E-state index in [1.807, 2.05) is 6.92 Å². The van der Waals surface area contributed by atoms with Gasteiger partial charge in [-0.05, 0) is 26.3 Å². The molecule has 5 heteroatoms. The molecule has 1 atom stereocenters. The van der Waals surface area contributed by atoms with E-state index in [9.17, 15) is 4.79 Å². The van der Waals surface area contributed by atoms with E-state index in [2.05, 4.69) is 22.2 Å². The molecule has 5 nitrogen and oxygen atoms in total. The third-order valence-electron chi connectivity index (χ3n) is 2.13. The predicted octanol–water partition coefficient (Wildman–Crippen LogP) is 1.86. The lowest BCUT2D eigenvalue weighted by Crippen LogP contribution is -2.17. The summed E-state index contributed by atoms with van der Waals surface area (Å²) in [6.45, 7) is 6.20. The summed E-state index contributed by atoms with van der Waals surface area (Å²) in [6, 6.07) is 1.82. The van der Waals surface area contributed by atoms with Crippen molar-refractivity contribution in [3.63, 3.8) is 0 Å². The number of nitrogens with one attached hydrogen (secondary N) is 1. The maximum absolute atomic E-state index is 11.4. The van der Waals surface area contributed by atoms with Crippen LogP contribution >= 0.6 is 0 Å². The molecule has 0 amide bonds. The summed E-state index contributed by atoms with van der Waals surface area (Å²) >= 11 is 0. The van der Waals surface area contributed by atoms with Crippen LogP contribution in [0.15, 0.2) is 12.3 Å². The van der Waals surface area contributed by atoms with Gasteiger partial charge in [-0.15, -0.1) is 0 Å². The number of esters is 1. The molecule has 1 aromatic rings. The Kier molecular flexibility index (Phi) is 4.69. The molecule has 1 aromatic heterocycles. The first kappa shape index (κ1) is 12.4. The first-order chi connectivity index (χ1) is 7.67. The third-order valence-corrected chi connectivity index (χ3v) is 2.13. The topological polar surface area (TPSA) is 64.1 Å². The van der Waals surface area contributed by atoms with Gasteiger partial charge in [0.1, 0.15) is 0 Å². The number of anilines is 1. The number of carbonyl (C=O) groups excluding carboxylic acids is 1. The van der Waals surface area contributed by atoms with Crippen LogP contribution in [0.25, 0.3) is 0 Å². The predicted molar refractivity (Wildman–Crippen MR) is 61.4 cm³/mol. The molecular weight excluding hydrogens is 206 g/mol. The van der Waals surface area contributed by atoms with Crippen molar-refractivity contribution in [1.82, 2.24) is 9.97 Å². The number of nitrogens with zero attached hydrogens (tertiary/aromatic N) is 2. The number of carbonyl (C=O) groups is 1. The number of aromatic nitrogens is 2. The molecule has 0 aliphatic rings. The van der Waals surface area contributed by atoms with Crippen molar-refractivity contribution in [1.29, 1.82) is 0 Å². The lowest BCUT2D eigenvalue weighted by Gasteiger charge is -2.11. The Morgan fingerprint density at radius 3 is 2.94 bits per heavy atom. The second-order valence-corrected chi connectivity index (χ2v) is 3.44. The molecule has 0 radical (unpaired) electrons. The van der Waals surface area contributed by atoms with Crippen molar-refractivity contribution >= 4 is 11.9 Å². The smallest absolute Gasteiger partial charge is 0.357 e. The van der Waals surface area contributed by atoms with Crippen molar-refractivity contribution in [2.45, 2.75) is 33.2 Å². The average Bonchev–Trinajstić information content (AvgIpc) is 2.29. The van der Waals surface area contributed by atoms with Gasteiger partial charge in [-0.2, -0.15) is 0 Å². The van der Waals surface area contributed by atoms with Crippen molar-refractivity contribution in [3.05, 3.63) is 18.0 Å². The molecule has 0 aliphatic heterocycles. The largest absolute Gasteiger partial charge is 0.461 e. The van der Waals surface area contributed by atoms with Crippen LogP contribution in [0.5, 0.6) is 0 Å². The molecule has 0 aromatic carbocycles. The summed E-state index contributed by atoms with van der Waals surface area (Å²) in [5.74, 6) is 0.0389. The molecule has 0 fully saturated rings. The molecule has 1 unspecified atom stereocenters. The van der Waals surface area contributed by atoms with Gasteiger partial charge in [0.15, 0.2) is 5.69 Å². The Labute approximate surface area is 95.3 Å². The van der Waals surface area contributed by atoms with Gasteiger partial charge < -0.3 is 10.1 Å². The van der Waals surface area contributed by atoms with Gasteiger partial charge in [-0.25, -0.2) is 14.8 Å². The van der Waals surface area contributed by atoms with Crippen LogP contribution in [0.2, 0.25) is 0 Å². The van der Waals surface area contributed by atoms with Crippen LogP contribution in [0, 0.1) is 0 Å². The van der Waals surface area contributed by atoms with E-state index in [-0.39, 0.29) is 11.7 Å². The summed E-state index contributed by atoms with van der Waals surface area (Å²) < 4.78 is 4.86. The van der Waals surface area contributed by atoms with Gasteiger partial charge >= 0.3 is 5.97 Å². The molecule has 0 spiro atoms. The Hall–Kier alpha value is -1.65. The van der Waals surface area contributed by atoms with Crippen LogP contribution < -0.4 is 5.32 Å². The highest BCUT2D eigenvalue weighted by Crippen LogP contribution is 2.05. The fourth-order valence-electron chi connectivity index (χ4n) is 1.07. The second kappa shape index (κ2) is 6.05. The van der Waals surface area contributed by atoms with Gasteiger partial charge in [-0.1, -0.05) is 6.92 Å². The van der Waals surface area contributed by atoms with Gasteiger partial charge in [0, 0.05) is 12.2 Å². The van der Waals surface area contributed by atoms with Gasteiger partial charge in [-0.3, -0.25) is 0 Å². The normalized spacial score (nSPS) is 11.9. The molecule has 0 aliphatic carbocycles. The molecule has 1 N–H and O–H groups in total. The summed E-state index contributed by atoms with van der Waals surface area (Å²) in [5.41, 5.74) is 0.280. The highest BCUT2D eigenvalue weighted by atomic mass is 16.5. The fourth-order valence-corrected chi connectivity index (χ4v) is 1.07. The van der Waals surface area contributed by atoms with Crippen molar-refractivity contribution in [2.75, 3.05) is 11.9 Å². The highest BCUT2D eigenvalue weighted by molar-refractivity contribution is 5.87. The summed E-state index contributed by atoms with van der Waals surface area (Å²) in [6.07, 6.45) is 2.51. The zero-order valence-electron chi connectivity index (χ0n) is 9.86. The fraction of sp³-hybridized carbons (Fsp3) is 0.545. The van der Waals surface area contributed by atoms with Crippen molar-refractivity contribution < 1.29 is 9.53 Å². The minimum atomic E-state index is -0.419. The maximum atomic E-state index is 11.4. The molecule has 0 bridgehead atoms. The molecule has 0 saturated carbocycles. The molecular formula is C11H17N3O2. The highest BCUT2D eigenvalue weighted by Gasteiger charge is 2.10. The lowest BCUT2D eigenvalue weighted by atomic mass is 10.3. The van der Waals surface area contributed by atoms with E-state index >= 15 is 0 Å². The Morgan fingerprint density at radius 1 is 1.56 bits per heavy atom. The van der Waals surface area contributed by atoms with E-state index in [4.69, 9.17) is 4.74 Å². The molecule has 0 saturated heterocycles. The average molecular weight is 223 g/mol. The zero-order chi connectivity index (χ0) is 12.0. The standard InChI is InChI=1S/C11H17N3O2/c1-4-8(3)13-11-12-7-6-9(14-11)10(15)16-5-2/h6-8H,4-5H2,1-3H3,(H,12,13,14). The van der Waals surface area contributed by atoms with E-state index < -0.39 is 5.97 Å². The summed E-state index contributed by atoms with van der Waals surface area (Å²) in [4.78, 5) is 19.5. The first-order valence-electron chi connectivity index (χ1n) is 5.44. The van der Waals surface area contributed by atoms with Gasteiger partial charge in [0.05, 0.1) is 6.61 Å². The zero-order valence-corrected chi connectivity index (χ0v) is 9.86.